The Morgan fingerprint density at radius 1 is 1.33 bits per heavy atom. The maximum absolute atomic E-state index is 12.4. The van der Waals surface area contributed by atoms with Gasteiger partial charge in [-0.1, -0.05) is 25.1 Å². The van der Waals surface area contributed by atoms with Gasteiger partial charge in [-0.05, 0) is 31.4 Å². The Labute approximate surface area is 126 Å². The monoisotopic (exact) mass is 309 g/mol. The van der Waals surface area contributed by atoms with Gasteiger partial charge in [0.25, 0.3) is 0 Å². The smallest absolute Gasteiger partial charge is 0.191 e. The Kier molecular flexibility index (Phi) is 5.22. The third kappa shape index (κ3) is 4.74. The summed E-state index contributed by atoms with van der Waals surface area (Å²) in [4.78, 5) is 4.53. The van der Waals surface area contributed by atoms with Gasteiger partial charge in [0, 0.05) is 19.1 Å². The second-order valence-electron chi connectivity index (χ2n) is 5.33. The molecule has 1 fully saturated rings. The molecule has 0 radical (unpaired) electrons. The van der Waals surface area contributed by atoms with Crippen molar-refractivity contribution in [1.82, 2.24) is 10.6 Å². The average Bonchev–Trinajstić information content (AvgIpc) is 3.30. The third-order valence-corrected chi connectivity index (χ3v) is 5.33. The number of hydrogen-bond donors (Lipinski definition) is 2. The van der Waals surface area contributed by atoms with Gasteiger partial charge in [0.05, 0.1) is 10.6 Å². The predicted octanol–water partition coefficient (Wildman–Crippen LogP) is 1.57. The van der Waals surface area contributed by atoms with Crippen molar-refractivity contribution in [3.05, 3.63) is 30.3 Å². The quantitative estimate of drug-likeness (QED) is 0.618. The Morgan fingerprint density at radius 2 is 2.00 bits per heavy atom. The summed E-state index contributed by atoms with van der Waals surface area (Å²) in [5.41, 5.74) is 0. The minimum absolute atomic E-state index is 0.0683. The highest BCUT2D eigenvalue weighted by atomic mass is 32.2. The number of aliphatic imine (C=N–C) groups is 1. The van der Waals surface area contributed by atoms with E-state index >= 15 is 0 Å². The lowest BCUT2D eigenvalue weighted by Crippen LogP contribution is -2.46. The number of sulfone groups is 1. The molecule has 1 unspecified atom stereocenters. The van der Waals surface area contributed by atoms with Crippen LogP contribution in [-0.4, -0.2) is 39.3 Å². The summed E-state index contributed by atoms with van der Waals surface area (Å²) in [7, 11) is -1.58. The number of benzene rings is 1. The van der Waals surface area contributed by atoms with E-state index in [4.69, 9.17) is 0 Å². The van der Waals surface area contributed by atoms with E-state index in [2.05, 4.69) is 15.6 Å². The van der Waals surface area contributed by atoms with E-state index in [9.17, 15) is 8.42 Å². The Hall–Kier alpha value is -1.56. The summed E-state index contributed by atoms with van der Waals surface area (Å²) in [5.74, 6) is 0.756. The lowest BCUT2D eigenvalue weighted by Gasteiger charge is -2.20. The molecule has 0 aromatic heterocycles. The van der Waals surface area contributed by atoms with Crippen LogP contribution in [0.2, 0.25) is 0 Å². The highest BCUT2D eigenvalue weighted by Crippen LogP contribution is 2.18. The summed E-state index contributed by atoms with van der Waals surface area (Å²) in [6.45, 7) is 1.97. The molecular weight excluding hydrogens is 286 g/mol. The van der Waals surface area contributed by atoms with Crippen LogP contribution >= 0.6 is 0 Å². The van der Waals surface area contributed by atoms with Crippen molar-refractivity contribution in [2.45, 2.75) is 43.2 Å². The molecule has 1 aliphatic carbocycles. The van der Waals surface area contributed by atoms with Crippen molar-refractivity contribution in [2.24, 2.45) is 4.99 Å². The second-order valence-corrected chi connectivity index (χ2v) is 7.37. The molecule has 1 atom stereocenters. The fourth-order valence-corrected chi connectivity index (χ4v) is 3.65. The van der Waals surface area contributed by atoms with Crippen LogP contribution in [0.5, 0.6) is 0 Å². The van der Waals surface area contributed by atoms with Crippen LogP contribution < -0.4 is 10.6 Å². The van der Waals surface area contributed by atoms with E-state index in [1.807, 2.05) is 13.0 Å². The normalized spacial score (nSPS) is 17.3. The fraction of sp³-hybridized carbons (Fsp3) is 0.533. The lowest BCUT2D eigenvalue weighted by atomic mass is 10.3. The van der Waals surface area contributed by atoms with Crippen molar-refractivity contribution < 1.29 is 8.42 Å². The first-order chi connectivity index (χ1) is 10.0. The van der Waals surface area contributed by atoms with Crippen LogP contribution in [0.25, 0.3) is 0 Å². The molecule has 1 aromatic rings. The summed E-state index contributed by atoms with van der Waals surface area (Å²) in [6.07, 6.45) is 3.02. The van der Waals surface area contributed by atoms with Crippen molar-refractivity contribution >= 4 is 15.8 Å². The minimum Gasteiger partial charge on any atom is -0.354 e. The Bertz CT molecular complexity index is 580. The minimum atomic E-state index is -3.28. The molecule has 21 heavy (non-hydrogen) atoms. The van der Waals surface area contributed by atoms with Gasteiger partial charge in [-0.15, -0.1) is 0 Å². The molecular formula is C15H23N3O2S. The molecule has 0 saturated heterocycles. The molecule has 1 aromatic carbocycles. The van der Waals surface area contributed by atoms with E-state index < -0.39 is 9.84 Å². The Morgan fingerprint density at radius 3 is 2.52 bits per heavy atom. The maximum atomic E-state index is 12.4. The van der Waals surface area contributed by atoms with Gasteiger partial charge < -0.3 is 10.6 Å². The molecule has 0 amide bonds. The van der Waals surface area contributed by atoms with Gasteiger partial charge in [-0.25, -0.2) is 8.42 Å². The first-order valence-corrected chi connectivity index (χ1v) is 8.98. The zero-order valence-electron chi connectivity index (χ0n) is 12.5. The predicted molar refractivity (Wildman–Crippen MR) is 85.2 cm³/mol. The molecule has 1 saturated carbocycles. The topological polar surface area (TPSA) is 70.6 Å². The van der Waals surface area contributed by atoms with Gasteiger partial charge in [0.2, 0.25) is 0 Å². The standard InChI is InChI=1S/C15H23N3O2S/c1-3-12(17-15(16-2)18-13-9-10-13)11-21(19,20)14-7-5-4-6-8-14/h4-8,12-13H,3,9-11H2,1-2H3,(H2,16,17,18). The molecule has 2 rings (SSSR count). The fourth-order valence-electron chi connectivity index (χ4n) is 2.04. The molecule has 5 nitrogen and oxygen atoms in total. The zero-order valence-corrected chi connectivity index (χ0v) is 13.4. The van der Waals surface area contributed by atoms with E-state index in [1.54, 1.807) is 31.3 Å². The number of guanidine groups is 1. The van der Waals surface area contributed by atoms with E-state index in [-0.39, 0.29) is 11.8 Å². The number of rotatable bonds is 6. The summed E-state index contributed by atoms with van der Waals surface area (Å²) in [6, 6.07) is 8.91. The van der Waals surface area contributed by atoms with Crippen LogP contribution in [0.1, 0.15) is 26.2 Å². The molecule has 0 aliphatic heterocycles. The highest BCUT2D eigenvalue weighted by Gasteiger charge is 2.25. The molecule has 1 aliphatic rings. The van der Waals surface area contributed by atoms with Gasteiger partial charge >= 0.3 is 0 Å². The van der Waals surface area contributed by atoms with Gasteiger partial charge in [0.15, 0.2) is 15.8 Å². The van der Waals surface area contributed by atoms with Gasteiger partial charge in [-0.3, -0.25) is 4.99 Å². The maximum Gasteiger partial charge on any atom is 0.191 e. The SMILES string of the molecule is CCC(CS(=O)(=O)c1ccccc1)NC(=NC)NC1CC1. The summed E-state index contributed by atoms with van der Waals surface area (Å²) >= 11 is 0. The van der Waals surface area contributed by atoms with Crippen molar-refractivity contribution in [3.8, 4) is 0 Å². The highest BCUT2D eigenvalue weighted by molar-refractivity contribution is 7.91. The summed E-state index contributed by atoms with van der Waals surface area (Å²) < 4.78 is 24.8. The first kappa shape index (κ1) is 15.8. The largest absolute Gasteiger partial charge is 0.354 e. The summed E-state index contributed by atoms with van der Waals surface area (Å²) in [5, 5.41) is 6.49. The molecule has 0 spiro atoms. The average molecular weight is 309 g/mol. The third-order valence-electron chi connectivity index (χ3n) is 3.50. The van der Waals surface area contributed by atoms with Crippen molar-refractivity contribution in [1.29, 1.82) is 0 Å². The second kappa shape index (κ2) is 6.93. The van der Waals surface area contributed by atoms with Crippen LogP contribution in [0.15, 0.2) is 40.2 Å². The van der Waals surface area contributed by atoms with Crippen LogP contribution in [0.4, 0.5) is 0 Å². The number of hydrogen-bond acceptors (Lipinski definition) is 3. The first-order valence-electron chi connectivity index (χ1n) is 7.33. The molecule has 0 bridgehead atoms. The molecule has 2 N–H and O–H groups in total. The van der Waals surface area contributed by atoms with Crippen LogP contribution in [0.3, 0.4) is 0 Å². The Balaban J connectivity index is 2.01. The van der Waals surface area contributed by atoms with E-state index in [1.165, 1.54) is 0 Å². The van der Waals surface area contributed by atoms with E-state index in [0.29, 0.717) is 16.9 Å². The lowest BCUT2D eigenvalue weighted by molar-refractivity contribution is 0.568. The molecule has 6 heteroatoms. The zero-order chi connectivity index (χ0) is 15.3. The van der Waals surface area contributed by atoms with Crippen molar-refractivity contribution in [3.63, 3.8) is 0 Å². The molecule has 0 heterocycles. The van der Waals surface area contributed by atoms with Crippen LogP contribution in [0, 0.1) is 0 Å². The van der Waals surface area contributed by atoms with E-state index in [0.717, 1.165) is 19.3 Å². The van der Waals surface area contributed by atoms with Crippen molar-refractivity contribution in [2.75, 3.05) is 12.8 Å². The van der Waals surface area contributed by atoms with Crippen LogP contribution in [-0.2, 0) is 9.84 Å². The number of nitrogens with one attached hydrogen (secondary N) is 2. The number of nitrogens with zero attached hydrogens (tertiary/aromatic N) is 1. The molecule has 116 valence electrons. The van der Waals surface area contributed by atoms with Gasteiger partial charge in [0.1, 0.15) is 0 Å². The van der Waals surface area contributed by atoms with Gasteiger partial charge in [-0.2, -0.15) is 0 Å².